The number of hydrogen-bond acceptors (Lipinski definition) is 2. The highest BCUT2D eigenvalue weighted by atomic mass is 79.9. The third-order valence-corrected chi connectivity index (χ3v) is 2.16. The second kappa shape index (κ2) is 3.19. The maximum absolute atomic E-state index is 3.37. The summed E-state index contributed by atoms with van der Waals surface area (Å²) in [5.74, 6) is 0. The summed E-state index contributed by atoms with van der Waals surface area (Å²) in [7, 11) is 0. The minimum absolute atomic E-state index is 0.834. The molecule has 1 heterocycles. The van der Waals surface area contributed by atoms with Gasteiger partial charge in [0, 0.05) is 18.5 Å². The fraction of sp³-hybridized carbons (Fsp3) is 0.111. The van der Waals surface area contributed by atoms with Crippen LogP contribution < -0.4 is 4.90 Å². The van der Waals surface area contributed by atoms with Crippen LogP contribution in [0.2, 0.25) is 0 Å². The molecule has 2 nitrogen and oxygen atoms in total. The minimum Gasteiger partial charge on any atom is -0.327 e. The molecule has 2 rings (SSSR count). The normalized spacial score (nSPS) is 15.8. The summed E-state index contributed by atoms with van der Waals surface area (Å²) in [5.41, 5.74) is 1.09. The van der Waals surface area contributed by atoms with Crippen molar-refractivity contribution in [1.82, 2.24) is 3.93 Å². The van der Waals surface area contributed by atoms with Gasteiger partial charge in [-0.25, -0.2) is 0 Å². The van der Waals surface area contributed by atoms with Crippen molar-refractivity contribution in [2.45, 2.75) is 0 Å². The molecule has 0 atom stereocenters. The third kappa shape index (κ3) is 1.46. The van der Waals surface area contributed by atoms with Gasteiger partial charge in [-0.1, -0.05) is 18.2 Å². The zero-order valence-corrected chi connectivity index (χ0v) is 8.03. The summed E-state index contributed by atoms with van der Waals surface area (Å²) in [4.78, 5) is 2.11. The summed E-state index contributed by atoms with van der Waals surface area (Å²) in [6.45, 7) is 0.834. The molecule has 1 aliphatic rings. The van der Waals surface area contributed by atoms with E-state index in [4.69, 9.17) is 0 Å². The van der Waals surface area contributed by atoms with Gasteiger partial charge in [0.15, 0.2) is 0 Å². The lowest BCUT2D eigenvalue weighted by atomic mass is 10.3. The first-order valence-corrected chi connectivity index (χ1v) is 4.41. The topological polar surface area (TPSA) is 6.48 Å². The van der Waals surface area contributed by atoms with Crippen LogP contribution in [-0.4, -0.2) is 10.6 Å². The van der Waals surface area contributed by atoms with Gasteiger partial charge in [-0.05, 0) is 6.07 Å². The van der Waals surface area contributed by atoms with Crippen LogP contribution in [-0.2, 0) is 0 Å². The maximum Gasteiger partial charge on any atom is 0.105 e. The van der Waals surface area contributed by atoms with Gasteiger partial charge in [0.25, 0.3) is 0 Å². The molecule has 0 unspecified atom stereocenters. The van der Waals surface area contributed by atoms with Crippen LogP contribution in [0, 0.1) is 6.07 Å². The van der Waals surface area contributed by atoms with Gasteiger partial charge >= 0.3 is 0 Å². The van der Waals surface area contributed by atoms with Gasteiger partial charge in [0.2, 0.25) is 0 Å². The molecule has 12 heavy (non-hydrogen) atoms. The number of benzene rings is 1. The molecule has 0 N–H and O–H groups in total. The number of nitrogens with zero attached hydrogens (tertiary/aromatic N) is 2. The average molecular weight is 224 g/mol. The molecule has 61 valence electrons. The molecule has 0 saturated carbocycles. The predicted molar refractivity (Wildman–Crippen MR) is 52.5 cm³/mol. The van der Waals surface area contributed by atoms with Crippen LogP contribution in [0.3, 0.4) is 0 Å². The maximum atomic E-state index is 3.37. The molecule has 0 spiro atoms. The fourth-order valence-electron chi connectivity index (χ4n) is 1.11. The Bertz CT molecular complexity index is 284. The van der Waals surface area contributed by atoms with Gasteiger partial charge in [-0.2, -0.15) is 0 Å². The van der Waals surface area contributed by atoms with Crippen molar-refractivity contribution in [3.8, 4) is 0 Å². The van der Waals surface area contributed by atoms with E-state index in [2.05, 4.69) is 27.1 Å². The monoisotopic (exact) mass is 223 g/mol. The van der Waals surface area contributed by atoms with E-state index in [0.717, 1.165) is 12.4 Å². The molecular formula is C9H8BrN2. The summed E-state index contributed by atoms with van der Waals surface area (Å²) in [6, 6.07) is 11.1. The SMILES string of the molecule is BrN1C=CN(c2[c]cccc2)C1. The number of rotatable bonds is 1. The van der Waals surface area contributed by atoms with E-state index in [1.165, 1.54) is 0 Å². The van der Waals surface area contributed by atoms with Crippen molar-refractivity contribution in [2.24, 2.45) is 0 Å². The van der Waals surface area contributed by atoms with E-state index in [1.807, 2.05) is 40.6 Å². The first-order chi connectivity index (χ1) is 5.86. The third-order valence-electron chi connectivity index (χ3n) is 1.70. The average Bonchev–Trinajstić information content (AvgIpc) is 2.54. The molecule has 0 aromatic heterocycles. The molecule has 0 fully saturated rings. The molecule has 0 aliphatic carbocycles. The number of anilines is 1. The second-order valence-electron chi connectivity index (χ2n) is 2.56. The lowest BCUT2D eigenvalue weighted by Crippen LogP contribution is -2.18. The summed E-state index contributed by atoms with van der Waals surface area (Å²) in [6.07, 6.45) is 3.99. The quantitative estimate of drug-likeness (QED) is 0.675. The second-order valence-corrected chi connectivity index (χ2v) is 3.47. The van der Waals surface area contributed by atoms with Crippen LogP contribution in [0.1, 0.15) is 0 Å². The highest BCUT2D eigenvalue weighted by molar-refractivity contribution is 9.07. The lowest BCUT2D eigenvalue weighted by Gasteiger charge is -2.16. The zero-order valence-electron chi connectivity index (χ0n) is 6.44. The summed E-state index contributed by atoms with van der Waals surface area (Å²) < 4.78 is 1.94. The number of halogens is 1. The molecule has 3 heteroatoms. The van der Waals surface area contributed by atoms with Crippen molar-refractivity contribution in [3.63, 3.8) is 0 Å². The van der Waals surface area contributed by atoms with E-state index in [0.29, 0.717) is 0 Å². The van der Waals surface area contributed by atoms with Crippen LogP contribution in [0.5, 0.6) is 0 Å². The molecule has 0 saturated heterocycles. The van der Waals surface area contributed by atoms with Crippen molar-refractivity contribution < 1.29 is 0 Å². The number of para-hydroxylation sites is 1. The molecule has 0 bridgehead atoms. The molecular weight excluding hydrogens is 216 g/mol. The smallest absolute Gasteiger partial charge is 0.105 e. The van der Waals surface area contributed by atoms with Gasteiger partial charge in [-0.15, -0.1) is 0 Å². The van der Waals surface area contributed by atoms with E-state index in [9.17, 15) is 0 Å². The Morgan fingerprint density at radius 3 is 2.83 bits per heavy atom. The molecule has 1 radical (unpaired) electrons. The van der Waals surface area contributed by atoms with Gasteiger partial charge in [0.05, 0.1) is 21.8 Å². The largest absolute Gasteiger partial charge is 0.327 e. The highest BCUT2D eigenvalue weighted by Crippen LogP contribution is 2.19. The predicted octanol–water partition coefficient (Wildman–Crippen LogP) is 2.35. The Kier molecular flexibility index (Phi) is 2.04. The van der Waals surface area contributed by atoms with Gasteiger partial charge in [-0.3, -0.25) is 3.93 Å². The van der Waals surface area contributed by atoms with Crippen molar-refractivity contribution in [1.29, 1.82) is 0 Å². The van der Waals surface area contributed by atoms with Crippen molar-refractivity contribution in [2.75, 3.05) is 11.6 Å². The number of hydrogen-bond donors (Lipinski definition) is 0. The Hall–Kier alpha value is -0.960. The molecule has 1 aromatic rings. The van der Waals surface area contributed by atoms with E-state index in [-0.39, 0.29) is 0 Å². The standard InChI is InChI=1S/C9H8BrN2/c10-12-7-6-11(8-12)9-4-2-1-3-5-9/h1-4,6-7H,8H2. The van der Waals surface area contributed by atoms with Gasteiger partial charge in [0.1, 0.15) is 6.67 Å². The van der Waals surface area contributed by atoms with Crippen LogP contribution in [0.4, 0.5) is 5.69 Å². The molecule has 0 amide bonds. The zero-order chi connectivity index (χ0) is 8.39. The van der Waals surface area contributed by atoms with E-state index in [1.54, 1.807) is 0 Å². The van der Waals surface area contributed by atoms with E-state index >= 15 is 0 Å². The summed E-state index contributed by atoms with van der Waals surface area (Å²) in [5, 5.41) is 0. The van der Waals surface area contributed by atoms with Gasteiger partial charge < -0.3 is 4.90 Å². The fourth-order valence-corrected chi connectivity index (χ4v) is 1.46. The lowest BCUT2D eigenvalue weighted by molar-refractivity contribution is 0.689. The first kappa shape index (κ1) is 7.68. The highest BCUT2D eigenvalue weighted by Gasteiger charge is 2.10. The molecule has 1 aliphatic heterocycles. The van der Waals surface area contributed by atoms with Crippen LogP contribution in [0.15, 0.2) is 36.7 Å². The Labute approximate surface area is 80.4 Å². The Balaban J connectivity index is 2.18. The van der Waals surface area contributed by atoms with Crippen molar-refractivity contribution >= 4 is 21.8 Å². The van der Waals surface area contributed by atoms with Crippen LogP contribution >= 0.6 is 16.1 Å². The molecule has 1 aromatic carbocycles. The first-order valence-electron chi connectivity index (χ1n) is 3.70. The Morgan fingerprint density at radius 2 is 2.25 bits per heavy atom. The van der Waals surface area contributed by atoms with E-state index < -0.39 is 0 Å². The van der Waals surface area contributed by atoms with Crippen LogP contribution in [0.25, 0.3) is 0 Å². The van der Waals surface area contributed by atoms with Crippen molar-refractivity contribution in [3.05, 3.63) is 42.7 Å². The summed E-state index contributed by atoms with van der Waals surface area (Å²) >= 11 is 3.37. The Morgan fingerprint density at radius 1 is 1.33 bits per heavy atom. The minimum atomic E-state index is 0.834.